The van der Waals surface area contributed by atoms with Crippen molar-refractivity contribution >= 4 is 27.7 Å². The van der Waals surface area contributed by atoms with Gasteiger partial charge in [0.15, 0.2) is 0 Å². The van der Waals surface area contributed by atoms with Gasteiger partial charge < -0.3 is 19.2 Å². The predicted octanol–water partition coefficient (Wildman–Crippen LogP) is 4.77. The molecular formula is C32H33N5O3. The van der Waals surface area contributed by atoms with Crippen molar-refractivity contribution in [3.05, 3.63) is 83.4 Å². The van der Waals surface area contributed by atoms with Crippen LogP contribution in [0.5, 0.6) is 5.75 Å². The van der Waals surface area contributed by atoms with E-state index in [-0.39, 0.29) is 17.5 Å². The number of benzene rings is 2. The summed E-state index contributed by atoms with van der Waals surface area (Å²) in [6.45, 7) is 7.40. The third-order valence-corrected chi connectivity index (χ3v) is 7.94. The first-order valence-electron chi connectivity index (χ1n) is 13.8. The van der Waals surface area contributed by atoms with Gasteiger partial charge in [-0.25, -0.2) is 4.98 Å². The van der Waals surface area contributed by atoms with Crippen LogP contribution in [0.4, 0.5) is 0 Å². The Kier molecular flexibility index (Phi) is 6.86. The number of piperazine rings is 1. The summed E-state index contributed by atoms with van der Waals surface area (Å²) in [5.74, 6) is 0.960. The predicted molar refractivity (Wildman–Crippen MR) is 159 cm³/mol. The highest BCUT2D eigenvalue weighted by Gasteiger charge is 2.28. The Morgan fingerprint density at radius 2 is 1.80 bits per heavy atom. The van der Waals surface area contributed by atoms with E-state index in [4.69, 9.17) is 9.72 Å². The number of carbonyl (C=O) groups is 1. The monoisotopic (exact) mass is 535 g/mol. The molecule has 0 unspecified atom stereocenters. The summed E-state index contributed by atoms with van der Waals surface area (Å²) < 4.78 is 7.71. The zero-order valence-electron chi connectivity index (χ0n) is 23.1. The van der Waals surface area contributed by atoms with Gasteiger partial charge in [0.2, 0.25) is 5.91 Å². The van der Waals surface area contributed by atoms with Gasteiger partial charge in [0.25, 0.3) is 5.56 Å². The van der Waals surface area contributed by atoms with Crippen LogP contribution in [-0.2, 0) is 11.3 Å². The van der Waals surface area contributed by atoms with E-state index in [1.165, 1.54) is 0 Å². The summed E-state index contributed by atoms with van der Waals surface area (Å²) in [5.41, 5.74) is 5.51. The number of nitrogens with zero attached hydrogens (tertiary/aromatic N) is 4. The number of aromatic amines is 1. The number of aromatic nitrogens is 3. The lowest BCUT2D eigenvalue weighted by Crippen LogP contribution is -2.55. The minimum absolute atomic E-state index is 0.00381. The first kappa shape index (κ1) is 25.8. The lowest BCUT2D eigenvalue weighted by atomic mass is 10.0. The minimum Gasteiger partial charge on any atom is -0.492 e. The number of H-pyrrole nitrogens is 1. The highest BCUT2D eigenvalue weighted by atomic mass is 16.5. The zero-order valence-corrected chi connectivity index (χ0v) is 23.1. The molecule has 8 heteroatoms. The van der Waals surface area contributed by atoms with Crippen molar-refractivity contribution in [1.29, 1.82) is 0 Å². The molecule has 1 saturated heterocycles. The molecule has 8 nitrogen and oxygen atoms in total. The van der Waals surface area contributed by atoms with Crippen LogP contribution >= 0.6 is 0 Å². The summed E-state index contributed by atoms with van der Waals surface area (Å²) in [7, 11) is 1.85. The number of rotatable bonds is 7. The van der Waals surface area contributed by atoms with Crippen molar-refractivity contribution in [2.75, 3.05) is 33.3 Å². The number of pyridine rings is 2. The minimum atomic E-state index is -0.111. The average Bonchev–Trinajstić information content (AvgIpc) is 3.48. The Labute approximate surface area is 232 Å². The number of amides is 1. The van der Waals surface area contributed by atoms with Gasteiger partial charge in [-0.2, -0.15) is 0 Å². The Morgan fingerprint density at radius 3 is 2.60 bits per heavy atom. The molecule has 5 aromatic rings. The van der Waals surface area contributed by atoms with Crippen LogP contribution in [-0.4, -0.2) is 69.6 Å². The fourth-order valence-corrected chi connectivity index (χ4v) is 5.48. The van der Waals surface area contributed by atoms with Crippen molar-refractivity contribution < 1.29 is 9.53 Å². The van der Waals surface area contributed by atoms with Gasteiger partial charge >= 0.3 is 0 Å². The van der Waals surface area contributed by atoms with Gasteiger partial charge in [-0.05, 0) is 67.9 Å². The number of hydrogen-bond acceptors (Lipinski definition) is 5. The molecular weight excluding hydrogens is 502 g/mol. The van der Waals surface area contributed by atoms with E-state index in [1.54, 1.807) is 9.47 Å². The van der Waals surface area contributed by atoms with Crippen molar-refractivity contribution in [3.8, 4) is 28.1 Å². The van der Waals surface area contributed by atoms with Crippen molar-refractivity contribution in [3.63, 3.8) is 0 Å². The molecule has 1 amide bonds. The maximum absolute atomic E-state index is 12.7. The van der Waals surface area contributed by atoms with E-state index >= 15 is 0 Å². The molecule has 0 radical (unpaired) electrons. The molecule has 2 aromatic carbocycles. The van der Waals surface area contributed by atoms with Crippen LogP contribution in [0.15, 0.2) is 77.9 Å². The molecule has 1 atom stereocenters. The number of carbonyl (C=O) groups excluding carboxylic acids is 1. The molecule has 1 fully saturated rings. The first-order valence-corrected chi connectivity index (χ1v) is 13.8. The number of nitrogens with one attached hydrogen (secondary N) is 1. The van der Waals surface area contributed by atoms with Crippen LogP contribution < -0.4 is 10.3 Å². The highest BCUT2D eigenvalue weighted by Crippen LogP contribution is 2.30. The van der Waals surface area contributed by atoms with Crippen molar-refractivity contribution in [1.82, 2.24) is 24.3 Å². The van der Waals surface area contributed by atoms with Crippen LogP contribution in [0.1, 0.15) is 13.8 Å². The molecule has 40 heavy (non-hydrogen) atoms. The van der Waals surface area contributed by atoms with Crippen molar-refractivity contribution in [2.24, 2.45) is 0 Å². The number of ether oxygens (including phenoxy) is 1. The normalized spacial score (nSPS) is 16.2. The molecule has 204 valence electrons. The maximum atomic E-state index is 12.7. The third-order valence-electron chi connectivity index (χ3n) is 7.94. The van der Waals surface area contributed by atoms with E-state index in [0.29, 0.717) is 25.2 Å². The van der Waals surface area contributed by atoms with Crippen LogP contribution in [0, 0.1) is 0 Å². The second-order valence-corrected chi connectivity index (χ2v) is 10.3. The van der Waals surface area contributed by atoms with Gasteiger partial charge in [-0.3, -0.25) is 14.5 Å². The summed E-state index contributed by atoms with van der Waals surface area (Å²) in [5, 5.41) is 1.96. The summed E-state index contributed by atoms with van der Waals surface area (Å²) >= 11 is 0. The summed E-state index contributed by atoms with van der Waals surface area (Å²) in [6, 6.07) is 20.2. The smallest absolute Gasteiger partial charge is 0.274 e. The highest BCUT2D eigenvalue weighted by molar-refractivity contribution is 5.97. The Morgan fingerprint density at radius 1 is 1.00 bits per heavy atom. The van der Waals surface area contributed by atoms with Gasteiger partial charge in [0.1, 0.15) is 17.9 Å². The molecule has 1 aliphatic rings. The quantitative estimate of drug-likeness (QED) is 0.325. The summed E-state index contributed by atoms with van der Waals surface area (Å²) in [4.78, 5) is 36.8. The molecule has 0 bridgehead atoms. The number of likely N-dealkylation sites (N-methyl/N-ethyl adjacent to an activating group) is 1. The van der Waals surface area contributed by atoms with Gasteiger partial charge in [-0.15, -0.1) is 0 Å². The molecule has 0 spiro atoms. The van der Waals surface area contributed by atoms with Crippen LogP contribution in [0.25, 0.3) is 44.2 Å². The number of fused-ring (bicyclic) bond motifs is 2. The molecule has 0 aliphatic carbocycles. The molecule has 1 aliphatic heterocycles. The molecule has 6 rings (SSSR count). The topological polar surface area (TPSA) is 83.5 Å². The van der Waals surface area contributed by atoms with Gasteiger partial charge in [0.05, 0.1) is 17.3 Å². The van der Waals surface area contributed by atoms with Crippen molar-refractivity contribution in [2.45, 2.75) is 26.4 Å². The van der Waals surface area contributed by atoms with Gasteiger partial charge in [0, 0.05) is 67.5 Å². The zero-order chi connectivity index (χ0) is 27.8. The Balaban J connectivity index is 1.17. The number of aryl methyl sites for hydroxylation is 1. The Bertz CT molecular complexity index is 1750. The van der Waals surface area contributed by atoms with E-state index in [0.717, 1.165) is 57.5 Å². The van der Waals surface area contributed by atoms with E-state index in [2.05, 4.69) is 28.1 Å². The second-order valence-electron chi connectivity index (χ2n) is 10.3. The average molecular weight is 536 g/mol. The fraction of sp³-hybridized carbons (Fsp3) is 0.281. The van der Waals surface area contributed by atoms with Gasteiger partial charge in [-0.1, -0.05) is 12.1 Å². The first-order chi connectivity index (χ1) is 19.4. The largest absolute Gasteiger partial charge is 0.492 e. The van der Waals surface area contributed by atoms with Crippen LogP contribution in [0.3, 0.4) is 0 Å². The van der Waals surface area contributed by atoms with E-state index in [9.17, 15) is 9.59 Å². The maximum Gasteiger partial charge on any atom is 0.274 e. The molecule has 4 heterocycles. The molecule has 1 N–H and O–H groups in total. The molecule has 3 aromatic heterocycles. The third kappa shape index (κ3) is 4.75. The SMILES string of the molecule is CCn1cc(-c2ccc3nc(-c4ccc(OCCN5CCN(C)C(=O)[C@@H]5C)cc4)ccc3c2)c2cc[nH]c2c1=O. The Hall–Kier alpha value is -4.43. The van der Waals surface area contributed by atoms with E-state index < -0.39 is 0 Å². The molecule has 0 saturated carbocycles. The van der Waals surface area contributed by atoms with E-state index in [1.807, 2.05) is 75.8 Å². The summed E-state index contributed by atoms with van der Waals surface area (Å²) in [6.07, 6.45) is 3.76. The standard InChI is InChI=1S/C32H33N5O3/c1-4-36-20-27(26-13-14-33-30(26)32(36)39)23-7-11-29-24(19-23)8-12-28(34-29)22-5-9-25(10-6-22)40-18-17-37-16-15-35(3)31(38)21(37)2/h5-14,19-21,33H,4,15-18H2,1-3H3/t21-/m0/s1. The lowest BCUT2D eigenvalue weighted by molar-refractivity contribution is -0.139. The number of hydrogen-bond donors (Lipinski definition) is 1. The van der Waals surface area contributed by atoms with Crippen LogP contribution in [0.2, 0.25) is 0 Å². The fourth-order valence-electron chi connectivity index (χ4n) is 5.48. The second kappa shape index (κ2) is 10.6. The lowest BCUT2D eigenvalue weighted by Gasteiger charge is -2.37.